The third kappa shape index (κ3) is 4.19. The van der Waals surface area contributed by atoms with Crippen molar-refractivity contribution in [3.05, 3.63) is 16.1 Å². The third-order valence-electron chi connectivity index (χ3n) is 2.50. The molecule has 0 aliphatic carbocycles. The lowest BCUT2D eigenvalue weighted by molar-refractivity contribution is 0.187. The van der Waals surface area contributed by atoms with E-state index in [1.54, 1.807) is 13.0 Å². The number of nitrogens with one attached hydrogen (secondary N) is 1. The quantitative estimate of drug-likeness (QED) is 0.846. The second-order valence-corrected chi connectivity index (χ2v) is 5.03. The van der Waals surface area contributed by atoms with E-state index in [1.165, 1.54) is 0 Å². The Balaban J connectivity index is 2.89. The van der Waals surface area contributed by atoms with Gasteiger partial charge in [0.25, 0.3) is 0 Å². The van der Waals surface area contributed by atoms with Crippen LogP contribution in [0.3, 0.4) is 0 Å². The molecule has 2 N–H and O–H groups in total. The molecule has 1 atom stereocenters. The van der Waals surface area contributed by atoms with Crippen molar-refractivity contribution in [2.24, 2.45) is 0 Å². The molecule has 0 aliphatic heterocycles. The molecule has 1 unspecified atom stereocenters. The van der Waals surface area contributed by atoms with Gasteiger partial charge in [-0.25, -0.2) is 4.98 Å². The van der Waals surface area contributed by atoms with Gasteiger partial charge in [-0.15, -0.1) is 0 Å². The lowest BCUT2D eigenvalue weighted by atomic mass is 10.2. The summed E-state index contributed by atoms with van der Waals surface area (Å²) in [7, 11) is 1.89. The molecule has 0 fully saturated rings. The molecule has 0 spiro atoms. The van der Waals surface area contributed by atoms with Crippen molar-refractivity contribution in [3.8, 4) is 0 Å². The highest BCUT2D eigenvalue weighted by Crippen LogP contribution is 2.30. The zero-order valence-corrected chi connectivity index (χ0v) is 12.4. The van der Waals surface area contributed by atoms with Crippen molar-refractivity contribution >= 4 is 34.8 Å². The Morgan fingerprint density at radius 3 is 2.67 bits per heavy atom. The molecule has 0 aliphatic rings. The van der Waals surface area contributed by atoms with E-state index in [2.05, 4.69) is 10.3 Å². The van der Waals surface area contributed by atoms with Crippen LogP contribution < -0.4 is 10.2 Å². The molecule has 0 saturated carbocycles. The first-order valence-electron chi connectivity index (χ1n) is 5.94. The van der Waals surface area contributed by atoms with E-state index in [0.29, 0.717) is 34.6 Å². The van der Waals surface area contributed by atoms with Crippen LogP contribution in [0.15, 0.2) is 6.07 Å². The number of aromatic nitrogens is 1. The molecule has 0 aromatic carbocycles. The first-order chi connectivity index (χ1) is 8.45. The number of nitrogens with zero attached hydrogens (tertiary/aromatic N) is 2. The summed E-state index contributed by atoms with van der Waals surface area (Å²) in [5, 5.41) is 13.4. The van der Waals surface area contributed by atoms with Gasteiger partial charge in [0.1, 0.15) is 11.6 Å². The molecule has 0 amide bonds. The summed E-state index contributed by atoms with van der Waals surface area (Å²) in [6.07, 6.45) is 0.319. The van der Waals surface area contributed by atoms with E-state index < -0.39 is 0 Å². The van der Waals surface area contributed by atoms with Crippen LogP contribution in [0.4, 0.5) is 11.6 Å². The van der Waals surface area contributed by atoms with Gasteiger partial charge in [0.2, 0.25) is 0 Å². The van der Waals surface area contributed by atoms with Crippen molar-refractivity contribution in [2.45, 2.75) is 26.4 Å². The number of rotatable bonds is 6. The molecular formula is C12H19Cl2N3O. The van der Waals surface area contributed by atoms with Gasteiger partial charge in [-0.05, 0) is 26.3 Å². The van der Waals surface area contributed by atoms with E-state index in [9.17, 15) is 5.11 Å². The van der Waals surface area contributed by atoms with Crippen LogP contribution in [0, 0.1) is 0 Å². The molecule has 1 aromatic heterocycles. The number of hydrogen-bond acceptors (Lipinski definition) is 4. The van der Waals surface area contributed by atoms with Crippen LogP contribution >= 0.6 is 23.2 Å². The van der Waals surface area contributed by atoms with Crippen LogP contribution in [0.5, 0.6) is 0 Å². The average Bonchev–Trinajstić information content (AvgIpc) is 2.29. The number of pyridine rings is 1. The minimum absolute atomic E-state index is 0.341. The maximum Gasteiger partial charge on any atom is 0.149 e. The molecule has 0 saturated heterocycles. The second-order valence-electron chi connectivity index (χ2n) is 4.21. The minimum Gasteiger partial charge on any atom is -0.393 e. The Labute approximate surface area is 118 Å². The molecule has 1 aromatic rings. The molecule has 4 nitrogen and oxygen atoms in total. The fraction of sp³-hybridized carbons (Fsp3) is 0.583. The fourth-order valence-corrected chi connectivity index (χ4v) is 2.07. The Kier molecular flexibility index (Phi) is 5.99. The van der Waals surface area contributed by atoms with Gasteiger partial charge in [0.05, 0.1) is 16.1 Å². The Morgan fingerprint density at radius 2 is 2.11 bits per heavy atom. The summed E-state index contributed by atoms with van der Waals surface area (Å²) in [6, 6.07) is 1.68. The third-order valence-corrected chi connectivity index (χ3v) is 3.07. The largest absolute Gasteiger partial charge is 0.393 e. The predicted octanol–water partition coefficient (Wildman–Crippen LogP) is 3.03. The normalized spacial score (nSPS) is 12.3. The zero-order chi connectivity index (χ0) is 13.7. The SMILES string of the molecule is CCNc1nc(N(C)CCC(C)O)c(Cl)cc1Cl. The molecule has 1 heterocycles. The molecule has 18 heavy (non-hydrogen) atoms. The average molecular weight is 292 g/mol. The van der Waals surface area contributed by atoms with Crippen LogP contribution in [-0.2, 0) is 0 Å². The Bertz CT molecular complexity index is 399. The van der Waals surface area contributed by atoms with Crippen molar-refractivity contribution in [1.29, 1.82) is 0 Å². The van der Waals surface area contributed by atoms with E-state index in [-0.39, 0.29) is 6.10 Å². The topological polar surface area (TPSA) is 48.4 Å². The maximum atomic E-state index is 9.29. The van der Waals surface area contributed by atoms with E-state index in [0.717, 1.165) is 6.54 Å². The molecule has 0 radical (unpaired) electrons. The van der Waals surface area contributed by atoms with Crippen molar-refractivity contribution in [2.75, 3.05) is 30.4 Å². The van der Waals surface area contributed by atoms with Crippen molar-refractivity contribution in [1.82, 2.24) is 4.98 Å². The molecule has 6 heteroatoms. The van der Waals surface area contributed by atoms with E-state index in [4.69, 9.17) is 23.2 Å². The fourth-order valence-electron chi connectivity index (χ4n) is 1.50. The van der Waals surface area contributed by atoms with Gasteiger partial charge in [-0.1, -0.05) is 23.2 Å². The predicted molar refractivity (Wildman–Crippen MR) is 78.0 cm³/mol. The zero-order valence-electron chi connectivity index (χ0n) is 10.9. The van der Waals surface area contributed by atoms with Gasteiger partial charge in [-0.2, -0.15) is 0 Å². The molecule has 0 bridgehead atoms. The minimum atomic E-state index is -0.341. The first-order valence-corrected chi connectivity index (χ1v) is 6.70. The van der Waals surface area contributed by atoms with Crippen LogP contribution in [0.25, 0.3) is 0 Å². The Morgan fingerprint density at radius 1 is 1.44 bits per heavy atom. The second kappa shape index (κ2) is 7.02. The summed E-state index contributed by atoms with van der Waals surface area (Å²) < 4.78 is 0. The monoisotopic (exact) mass is 291 g/mol. The number of aliphatic hydroxyl groups excluding tert-OH is 1. The molecular weight excluding hydrogens is 273 g/mol. The van der Waals surface area contributed by atoms with Gasteiger partial charge in [0.15, 0.2) is 0 Å². The summed E-state index contributed by atoms with van der Waals surface area (Å²) in [6.45, 7) is 5.15. The summed E-state index contributed by atoms with van der Waals surface area (Å²) in [4.78, 5) is 6.32. The van der Waals surface area contributed by atoms with Crippen LogP contribution in [-0.4, -0.2) is 36.3 Å². The maximum absolute atomic E-state index is 9.29. The van der Waals surface area contributed by atoms with E-state index >= 15 is 0 Å². The van der Waals surface area contributed by atoms with Crippen LogP contribution in [0.1, 0.15) is 20.3 Å². The summed E-state index contributed by atoms with van der Waals surface area (Å²) in [5.41, 5.74) is 0. The first kappa shape index (κ1) is 15.3. The number of aliphatic hydroxyl groups is 1. The highest BCUT2D eigenvalue weighted by atomic mass is 35.5. The van der Waals surface area contributed by atoms with Crippen molar-refractivity contribution < 1.29 is 5.11 Å². The van der Waals surface area contributed by atoms with Crippen LogP contribution in [0.2, 0.25) is 10.0 Å². The standard InChI is InChI=1S/C12H19Cl2N3O/c1-4-15-11-9(13)7-10(14)12(16-11)17(3)6-5-8(2)18/h7-8,18H,4-6H2,1-3H3,(H,15,16). The molecule has 1 rings (SSSR count). The highest BCUT2D eigenvalue weighted by molar-refractivity contribution is 6.37. The Hall–Kier alpha value is -0.710. The number of halogens is 2. The van der Waals surface area contributed by atoms with Gasteiger partial charge >= 0.3 is 0 Å². The smallest absolute Gasteiger partial charge is 0.149 e. The lowest BCUT2D eigenvalue weighted by Crippen LogP contribution is -2.23. The van der Waals surface area contributed by atoms with E-state index in [1.807, 2.05) is 18.9 Å². The highest BCUT2D eigenvalue weighted by Gasteiger charge is 2.13. The van der Waals surface area contributed by atoms with Gasteiger partial charge in [-0.3, -0.25) is 0 Å². The molecule has 102 valence electrons. The van der Waals surface area contributed by atoms with Gasteiger partial charge in [0, 0.05) is 20.1 Å². The summed E-state index contributed by atoms with van der Waals surface area (Å²) in [5.74, 6) is 1.29. The lowest BCUT2D eigenvalue weighted by Gasteiger charge is -2.21. The number of anilines is 2. The van der Waals surface area contributed by atoms with Crippen molar-refractivity contribution in [3.63, 3.8) is 0 Å². The van der Waals surface area contributed by atoms with Gasteiger partial charge < -0.3 is 15.3 Å². The summed E-state index contributed by atoms with van der Waals surface area (Å²) >= 11 is 12.2. The number of hydrogen-bond donors (Lipinski definition) is 2.